The Balaban J connectivity index is 1.70. The summed E-state index contributed by atoms with van der Waals surface area (Å²) in [5, 5.41) is 22.6. The summed E-state index contributed by atoms with van der Waals surface area (Å²) in [5.41, 5.74) is -0.882. The molecular formula is C32H56N4O7. The van der Waals surface area contributed by atoms with Gasteiger partial charge >= 0.3 is 11.7 Å². The number of ether oxygens (including phenoxy) is 1. The van der Waals surface area contributed by atoms with E-state index in [0.717, 1.165) is 25.7 Å². The van der Waals surface area contributed by atoms with E-state index in [1.807, 2.05) is 0 Å². The zero-order valence-corrected chi connectivity index (χ0v) is 26.3. The number of hydrogen-bond donors (Lipinski definition) is 4. The zero-order valence-electron chi connectivity index (χ0n) is 26.3. The molecule has 2 rings (SSSR count). The molecule has 1 aromatic heterocycles. The van der Waals surface area contributed by atoms with E-state index in [0.29, 0.717) is 32.4 Å². The zero-order chi connectivity index (χ0) is 31.3. The van der Waals surface area contributed by atoms with E-state index in [2.05, 4.69) is 17.2 Å². The molecule has 2 heterocycles. The fourth-order valence-electron chi connectivity index (χ4n) is 5.66. The third-order valence-corrected chi connectivity index (χ3v) is 8.31. The lowest BCUT2D eigenvalue weighted by molar-refractivity contribution is -0.152. The molecule has 0 spiro atoms. The predicted molar refractivity (Wildman–Crippen MR) is 167 cm³/mol. The number of amides is 1. The summed E-state index contributed by atoms with van der Waals surface area (Å²) in [4.78, 5) is 52.6. The lowest BCUT2D eigenvalue weighted by Gasteiger charge is -2.29. The van der Waals surface area contributed by atoms with E-state index in [-0.39, 0.29) is 19.1 Å². The Morgan fingerprint density at radius 1 is 0.837 bits per heavy atom. The Bertz CT molecular complexity index is 1030. The van der Waals surface area contributed by atoms with Crippen LogP contribution in [0.5, 0.6) is 0 Å². The van der Waals surface area contributed by atoms with Crippen LogP contribution in [-0.4, -0.2) is 81.0 Å². The normalized spacial score (nSPS) is 19.2. The third-order valence-electron chi connectivity index (χ3n) is 8.31. The largest absolute Gasteiger partial charge is 0.459 e. The number of carbonyl (C=O) groups is 2. The highest BCUT2D eigenvalue weighted by molar-refractivity contribution is 5.82. The molecule has 246 valence electrons. The molecule has 11 nitrogen and oxygen atoms in total. The molecule has 0 bridgehead atoms. The molecule has 4 N–H and O–H groups in total. The van der Waals surface area contributed by atoms with Crippen LogP contribution in [0.15, 0.2) is 21.9 Å². The van der Waals surface area contributed by atoms with Gasteiger partial charge in [0.15, 0.2) is 0 Å². The van der Waals surface area contributed by atoms with Crippen molar-refractivity contribution in [1.29, 1.82) is 0 Å². The molecule has 0 saturated carbocycles. The molecule has 1 aromatic rings. The third kappa shape index (κ3) is 14.7. The van der Waals surface area contributed by atoms with E-state index >= 15 is 0 Å². The standard InChI is InChI=1S/C32H56N4O7/c1-2-3-4-5-6-7-8-9-10-11-12-13-15-18-30(40)43-28-23-36(27(25-38)31(41)33-26(28)24-37)21-17-14-16-20-35-22-19-29(39)34-32(35)42/h19,22,26-28,37-38H,2-18,20-21,23-25H2,1H3,(H,33,41)(H,34,39,42)/t26-,27+,28+/m1/s1. The Hall–Kier alpha value is -2.50. The fourth-order valence-corrected chi connectivity index (χ4v) is 5.66. The second-order valence-electron chi connectivity index (χ2n) is 11.9. The highest BCUT2D eigenvalue weighted by Crippen LogP contribution is 2.17. The number of unbranched alkanes of at least 4 members (excludes halogenated alkanes) is 14. The minimum atomic E-state index is -0.805. The molecule has 11 heteroatoms. The molecule has 3 atom stereocenters. The van der Waals surface area contributed by atoms with Gasteiger partial charge in [0.05, 0.1) is 19.3 Å². The molecule has 0 aliphatic carbocycles. The molecule has 1 fully saturated rings. The van der Waals surface area contributed by atoms with Crippen LogP contribution in [-0.2, 0) is 20.9 Å². The fraction of sp³-hybridized carbons (Fsp3) is 0.812. The van der Waals surface area contributed by atoms with Crippen molar-refractivity contribution in [3.05, 3.63) is 33.1 Å². The summed E-state index contributed by atoms with van der Waals surface area (Å²) in [6, 6.07) is -0.240. The SMILES string of the molecule is CCCCCCCCCCCCCCCC(=O)O[C@H]1CN(CCCCCn2ccc(=O)[nH]c2=O)[C@@H](CO)C(=O)N[C@@H]1CO. The van der Waals surface area contributed by atoms with E-state index in [9.17, 15) is 29.4 Å². The quantitative estimate of drug-likeness (QED) is 0.109. The van der Waals surface area contributed by atoms with Crippen LogP contribution < -0.4 is 16.6 Å². The van der Waals surface area contributed by atoms with Crippen molar-refractivity contribution < 1.29 is 24.5 Å². The first-order valence-electron chi connectivity index (χ1n) is 16.6. The van der Waals surface area contributed by atoms with Crippen LogP contribution in [0.3, 0.4) is 0 Å². The average Bonchev–Trinajstić information content (AvgIpc) is 3.11. The number of esters is 1. The van der Waals surface area contributed by atoms with Crippen molar-refractivity contribution in [3.63, 3.8) is 0 Å². The van der Waals surface area contributed by atoms with Gasteiger partial charge in [-0.25, -0.2) is 4.79 Å². The molecular weight excluding hydrogens is 552 g/mol. The van der Waals surface area contributed by atoms with E-state index in [1.54, 1.807) is 4.90 Å². The van der Waals surface area contributed by atoms with Crippen LogP contribution in [0.4, 0.5) is 0 Å². The molecule has 0 aromatic carbocycles. The van der Waals surface area contributed by atoms with Gasteiger partial charge in [0.25, 0.3) is 5.56 Å². The number of H-pyrrole nitrogens is 1. The van der Waals surface area contributed by atoms with E-state index in [1.165, 1.54) is 81.0 Å². The highest BCUT2D eigenvalue weighted by atomic mass is 16.5. The van der Waals surface area contributed by atoms with Crippen molar-refractivity contribution in [2.75, 3.05) is 26.3 Å². The van der Waals surface area contributed by atoms with Gasteiger partial charge in [-0.05, 0) is 25.8 Å². The van der Waals surface area contributed by atoms with Crippen LogP contribution in [0.2, 0.25) is 0 Å². The molecule has 0 unspecified atom stereocenters. The molecule has 1 saturated heterocycles. The summed E-state index contributed by atoms with van der Waals surface area (Å²) < 4.78 is 7.20. The first kappa shape index (κ1) is 36.7. The topological polar surface area (TPSA) is 154 Å². The minimum Gasteiger partial charge on any atom is -0.459 e. The van der Waals surface area contributed by atoms with Gasteiger partial charge in [0.1, 0.15) is 12.1 Å². The van der Waals surface area contributed by atoms with Crippen molar-refractivity contribution >= 4 is 11.9 Å². The minimum absolute atomic E-state index is 0.221. The summed E-state index contributed by atoms with van der Waals surface area (Å²) in [6.07, 6.45) is 19.1. The number of aromatic amines is 1. The lowest BCUT2D eigenvalue weighted by Crippen LogP contribution is -2.49. The number of aryl methyl sites for hydroxylation is 1. The van der Waals surface area contributed by atoms with E-state index < -0.39 is 42.0 Å². The maximum absolute atomic E-state index is 12.8. The number of carbonyl (C=O) groups excluding carboxylic acids is 2. The number of nitrogens with one attached hydrogen (secondary N) is 2. The maximum atomic E-state index is 12.8. The van der Waals surface area contributed by atoms with Crippen molar-refractivity contribution in [2.24, 2.45) is 0 Å². The van der Waals surface area contributed by atoms with Crippen molar-refractivity contribution in [3.8, 4) is 0 Å². The Kier molecular flexibility index (Phi) is 18.8. The number of aliphatic hydroxyl groups excluding tert-OH is 2. The molecule has 1 aliphatic rings. The second kappa shape index (κ2) is 22.1. The molecule has 0 radical (unpaired) electrons. The Labute approximate surface area is 256 Å². The summed E-state index contributed by atoms with van der Waals surface area (Å²) >= 11 is 0. The number of hydrogen-bond acceptors (Lipinski definition) is 8. The summed E-state index contributed by atoms with van der Waals surface area (Å²) in [6.45, 7) is 2.63. The first-order chi connectivity index (χ1) is 20.9. The van der Waals surface area contributed by atoms with Gasteiger partial charge < -0.3 is 24.8 Å². The predicted octanol–water partition coefficient (Wildman–Crippen LogP) is 3.25. The van der Waals surface area contributed by atoms with Crippen molar-refractivity contribution in [1.82, 2.24) is 19.8 Å². The second-order valence-corrected chi connectivity index (χ2v) is 11.9. The molecule has 1 amide bonds. The smallest absolute Gasteiger partial charge is 0.328 e. The summed E-state index contributed by atoms with van der Waals surface area (Å²) in [7, 11) is 0. The van der Waals surface area contributed by atoms with Crippen LogP contribution >= 0.6 is 0 Å². The van der Waals surface area contributed by atoms with Gasteiger partial charge in [-0.1, -0.05) is 90.4 Å². The number of rotatable bonds is 23. The van der Waals surface area contributed by atoms with Gasteiger partial charge in [0.2, 0.25) is 5.91 Å². The van der Waals surface area contributed by atoms with Gasteiger partial charge in [0, 0.05) is 31.8 Å². The van der Waals surface area contributed by atoms with Gasteiger partial charge in [-0.2, -0.15) is 0 Å². The van der Waals surface area contributed by atoms with Crippen LogP contribution in [0.25, 0.3) is 0 Å². The van der Waals surface area contributed by atoms with Crippen LogP contribution in [0, 0.1) is 0 Å². The van der Waals surface area contributed by atoms with E-state index in [4.69, 9.17) is 4.74 Å². The average molecular weight is 609 g/mol. The number of nitrogens with zero attached hydrogens (tertiary/aromatic N) is 2. The van der Waals surface area contributed by atoms with Crippen molar-refractivity contribution in [2.45, 2.75) is 141 Å². The maximum Gasteiger partial charge on any atom is 0.328 e. The number of aliphatic hydroxyl groups is 2. The Morgan fingerprint density at radius 3 is 2.00 bits per heavy atom. The number of aromatic nitrogens is 2. The van der Waals surface area contributed by atoms with Gasteiger partial charge in [-0.3, -0.25) is 24.3 Å². The first-order valence-corrected chi connectivity index (χ1v) is 16.6. The molecule has 1 aliphatic heterocycles. The summed E-state index contributed by atoms with van der Waals surface area (Å²) in [5.74, 6) is -0.745. The molecule has 43 heavy (non-hydrogen) atoms. The van der Waals surface area contributed by atoms with Gasteiger partial charge in [-0.15, -0.1) is 0 Å². The Morgan fingerprint density at radius 2 is 1.42 bits per heavy atom. The highest BCUT2D eigenvalue weighted by Gasteiger charge is 2.38. The monoisotopic (exact) mass is 608 g/mol. The van der Waals surface area contributed by atoms with Crippen LogP contribution in [0.1, 0.15) is 116 Å². The lowest BCUT2D eigenvalue weighted by atomic mass is 10.0.